The number of H-pyrrole nitrogens is 1. The van der Waals surface area contributed by atoms with Crippen LogP contribution in [0.25, 0.3) is 0 Å². The highest BCUT2D eigenvalue weighted by molar-refractivity contribution is 5.21. The van der Waals surface area contributed by atoms with Crippen LogP contribution in [-0.4, -0.2) is 9.78 Å². The molecule has 0 aliphatic rings. The number of nitrogens with zero attached hydrogens (tertiary/aromatic N) is 1. The molecule has 3 nitrogen and oxygen atoms in total. The summed E-state index contributed by atoms with van der Waals surface area (Å²) >= 11 is 0. The summed E-state index contributed by atoms with van der Waals surface area (Å²) in [6.45, 7) is 8.99. The standard InChI is InChI=1S/C11H20N2O/c1-5-7-9-10(8(3)4)11(14)13(6-2)12-9/h8,12H,5-7H2,1-4H3. The van der Waals surface area contributed by atoms with E-state index in [9.17, 15) is 4.79 Å². The number of rotatable bonds is 4. The van der Waals surface area contributed by atoms with Gasteiger partial charge in [0.2, 0.25) is 0 Å². The van der Waals surface area contributed by atoms with Crippen molar-refractivity contribution in [1.82, 2.24) is 9.78 Å². The Balaban J connectivity index is 3.20. The van der Waals surface area contributed by atoms with E-state index in [4.69, 9.17) is 0 Å². The Kier molecular flexibility index (Phi) is 3.55. The minimum atomic E-state index is 0.158. The topological polar surface area (TPSA) is 37.8 Å². The second kappa shape index (κ2) is 4.49. The summed E-state index contributed by atoms with van der Waals surface area (Å²) in [7, 11) is 0. The Hall–Kier alpha value is -0.990. The maximum Gasteiger partial charge on any atom is 0.270 e. The van der Waals surface area contributed by atoms with Crippen LogP contribution in [0.3, 0.4) is 0 Å². The third-order valence-corrected chi connectivity index (χ3v) is 2.46. The first-order valence-electron chi connectivity index (χ1n) is 5.43. The number of aryl methyl sites for hydroxylation is 2. The minimum Gasteiger partial charge on any atom is -0.299 e. The highest BCUT2D eigenvalue weighted by Crippen LogP contribution is 2.15. The van der Waals surface area contributed by atoms with E-state index in [2.05, 4.69) is 25.9 Å². The molecule has 0 spiro atoms. The molecule has 0 radical (unpaired) electrons. The normalized spacial score (nSPS) is 11.2. The van der Waals surface area contributed by atoms with E-state index in [1.165, 1.54) is 0 Å². The lowest BCUT2D eigenvalue weighted by Gasteiger charge is -2.02. The van der Waals surface area contributed by atoms with Crippen molar-refractivity contribution < 1.29 is 0 Å². The molecule has 0 saturated heterocycles. The first-order chi connectivity index (χ1) is 6.61. The van der Waals surface area contributed by atoms with Crippen molar-refractivity contribution in [2.75, 3.05) is 0 Å². The summed E-state index contributed by atoms with van der Waals surface area (Å²) in [6, 6.07) is 0. The van der Waals surface area contributed by atoms with Crippen LogP contribution in [0.1, 0.15) is 51.3 Å². The predicted octanol–water partition coefficient (Wildman–Crippen LogP) is 2.27. The van der Waals surface area contributed by atoms with E-state index in [1.54, 1.807) is 4.68 Å². The molecule has 0 saturated carbocycles. The van der Waals surface area contributed by atoms with E-state index in [0.717, 1.165) is 30.6 Å². The fraction of sp³-hybridized carbons (Fsp3) is 0.727. The van der Waals surface area contributed by atoms with Gasteiger partial charge in [0.05, 0.1) is 0 Å². The Morgan fingerprint density at radius 3 is 2.43 bits per heavy atom. The quantitative estimate of drug-likeness (QED) is 0.788. The van der Waals surface area contributed by atoms with Gasteiger partial charge in [0, 0.05) is 17.8 Å². The summed E-state index contributed by atoms with van der Waals surface area (Å²) in [5.41, 5.74) is 2.24. The molecule has 14 heavy (non-hydrogen) atoms. The molecule has 0 atom stereocenters. The number of nitrogens with one attached hydrogen (secondary N) is 1. The number of aromatic amines is 1. The highest BCUT2D eigenvalue weighted by Gasteiger charge is 2.15. The van der Waals surface area contributed by atoms with E-state index in [-0.39, 0.29) is 5.56 Å². The number of hydrogen-bond acceptors (Lipinski definition) is 1. The summed E-state index contributed by atoms with van der Waals surface area (Å²) in [5, 5.41) is 3.19. The average Bonchev–Trinajstić information content (AvgIpc) is 2.43. The van der Waals surface area contributed by atoms with Crippen molar-refractivity contribution >= 4 is 0 Å². The predicted molar refractivity (Wildman–Crippen MR) is 58.8 cm³/mol. The van der Waals surface area contributed by atoms with Gasteiger partial charge in [-0.15, -0.1) is 0 Å². The molecule has 1 aromatic rings. The van der Waals surface area contributed by atoms with Crippen molar-refractivity contribution in [3.05, 3.63) is 21.6 Å². The molecule has 0 bridgehead atoms. The van der Waals surface area contributed by atoms with Gasteiger partial charge in [-0.1, -0.05) is 27.2 Å². The van der Waals surface area contributed by atoms with E-state index < -0.39 is 0 Å². The molecule has 1 heterocycles. The van der Waals surface area contributed by atoms with Crippen LogP contribution in [0.15, 0.2) is 4.79 Å². The molecular formula is C11H20N2O. The molecule has 80 valence electrons. The molecule has 0 aliphatic carbocycles. The van der Waals surface area contributed by atoms with E-state index in [0.29, 0.717) is 5.92 Å². The Labute approximate surface area is 85.1 Å². The Morgan fingerprint density at radius 2 is 2.00 bits per heavy atom. The fourth-order valence-electron chi connectivity index (χ4n) is 1.81. The molecule has 1 aromatic heterocycles. The zero-order valence-electron chi connectivity index (χ0n) is 9.55. The third-order valence-electron chi connectivity index (χ3n) is 2.46. The van der Waals surface area contributed by atoms with Gasteiger partial charge in [-0.05, 0) is 19.3 Å². The summed E-state index contributed by atoms with van der Waals surface area (Å²) in [5.74, 6) is 0.313. The lowest BCUT2D eigenvalue weighted by Crippen LogP contribution is -2.18. The van der Waals surface area contributed by atoms with Crippen LogP contribution < -0.4 is 5.56 Å². The monoisotopic (exact) mass is 196 g/mol. The molecule has 0 aromatic carbocycles. The Morgan fingerprint density at radius 1 is 1.36 bits per heavy atom. The van der Waals surface area contributed by atoms with E-state index >= 15 is 0 Å². The lowest BCUT2D eigenvalue weighted by atomic mass is 10.0. The zero-order chi connectivity index (χ0) is 10.7. The Bertz CT molecular complexity index is 347. The van der Waals surface area contributed by atoms with Crippen LogP contribution in [0, 0.1) is 0 Å². The van der Waals surface area contributed by atoms with Gasteiger partial charge in [0.1, 0.15) is 0 Å². The third kappa shape index (κ3) is 1.91. The van der Waals surface area contributed by atoms with Gasteiger partial charge in [-0.2, -0.15) is 0 Å². The largest absolute Gasteiger partial charge is 0.299 e. The first-order valence-corrected chi connectivity index (χ1v) is 5.43. The fourth-order valence-corrected chi connectivity index (χ4v) is 1.81. The summed E-state index contributed by atoms with van der Waals surface area (Å²) < 4.78 is 1.69. The van der Waals surface area contributed by atoms with Gasteiger partial charge < -0.3 is 0 Å². The van der Waals surface area contributed by atoms with Crippen molar-refractivity contribution in [3.8, 4) is 0 Å². The molecule has 0 amide bonds. The second-order valence-electron chi connectivity index (χ2n) is 3.96. The number of hydrogen-bond donors (Lipinski definition) is 1. The van der Waals surface area contributed by atoms with Crippen LogP contribution in [0.2, 0.25) is 0 Å². The average molecular weight is 196 g/mol. The molecule has 3 heteroatoms. The van der Waals surface area contributed by atoms with Gasteiger partial charge in [0.25, 0.3) is 5.56 Å². The lowest BCUT2D eigenvalue weighted by molar-refractivity contribution is 0.624. The zero-order valence-corrected chi connectivity index (χ0v) is 9.55. The molecule has 0 unspecified atom stereocenters. The van der Waals surface area contributed by atoms with Gasteiger partial charge in [-0.25, -0.2) is 0 Å². The van der Waals surface area contributed by atoms with Crippen LogP contribution in [0.5, 0.6) is 0 Å². The molecule has 0 fully saturated rings. The SMILES string of the molecule is CCCc1[nH]n(CC)c(=O)c1C(C)C. The van der Waals surface area contributed by atoms with Gasteiger partial charge >= 0.3 is 0 Å². The molecule has 0 aliphatic heterocycles. The second-order valence-corrected chi connectivity index (χ2v) is 3.96. The van der Waals surface area contributed by atoms with Crippen molar-refractivity contribution in [1.29, 1.82) is 0 Å². The van der Waals surface area contributed by atoms with Gasteiger partial charge in [0.15, 0.2) is 0 Å². The van der Waals surface area contributed by atoms with Crippen molar-refractivity contribution in [2.24, 2.45) is 0 Å². The minimum absolute atomic E-state index is 0.158. The molecular weight excluding hydrogens is 176 g/mol. The van der Waals surface area contributed by atoms with Crippen molar-refractivity contribution in [3.63, 3.8) is 0 Å². The highest BCUT2D eigenvalue weighted by atomic mass is 16.1. The first kappa shape index (κ1) is 11.1. The van der Waals surface area contributed by atoms with Gasteiger partial charge in [-0.3, -0.25) is 14.6 Å². The smallest absolute Gasteiger partial charge is 0.270 e. The van der Waals surface area contributed by atoms with Crippen LogP contribution in [-0.2, 0) is 13.0 Å². The van der Waals surface area contributed by atoms with Crippen LogP contribution in [0.4, 0.5) is 0 Å². The maximum absolute atomic E-state index is 11.9. The summed E-state index contributed by atoms with van der Waals surface area (Å²) in [4.78, 5) is 11.9. The molecule has 1 rings (SSSR count). The number of aromatic nitrogens is 2. The van der Waals surface area contributed by atoms with Crippen molar-refractivity contribution in [2.45, 2.75) is 53.0 Å². The molecule has 1 N–H and O–H groups in total. The van der Waals surface area contributed by atoms with E-state index in [1.807, 2.05) is 6.92 Å². The summed E-state index contributed by atoms with van der Waals surface area (Å²) in [6.07, 6.45) is 2.04. The van der Waals surface area contributed by atoms with Crippen LogP contribution >= 0.6 is 0 Å². The maximum atomic E-state index is 11.9.